The van der Waals surface area contributed by atoms with Crippen LogP contribution in [0.4, 0.5) is 0 Å². The van der Waals surface area contributed by atoms with Crippen LogP contribution in [0.5, 0.6) is 0 Å². The van der Waals surface area contributed by atoms with Crippen molar-refractivity contribution in [3.63, 3.8) is 0 Å². The van der Waals surface area contributed by atoms with Crippen molar-refractivity contribution >= 4 is 11.8 Å². The first kappa shape index (κ1) is 20.7. The van der Waals surface area contributed by atoms with Crippen LogP contribution < -0.4 is 5.32 Å². The molecule has 0 aliphatic carbocycles. The smallest absolute Gasteiger partial charge is 0.242 e. The van der Waals surface area contributed by atoms with Crippen molar-refractivity contribution in [1.29, 1.82) is 0 Å². The minimum Gasteiger partial charge on any atom is -0.355 e. The Morgan fingerprint density at radius 1 is 1.07 bits per heavy atom. The number of carbonyl (C=O) groups is 2. The Kier molecular flexibility index (Phi) is 7.59. The van der Waals surface area contributed by atoms with Crippen LogP contribution in [-0.4, -0.2) is 35.8 Å². The fraction of sp³-hybridized carbons (Fsp3) is 0.391. The third kappa shape index (κ3) is 5.95. The highest BCUT2D eigenvalue weighted by molar-refractivity contribution is 5.88. The van der Waals surface area contributed by atoms with E-state index in [1.807, 2.05) is 63.2 Å². The Balaban J connectivity index is 2.17. The van der Waals surface area contributed by atoms with E-state index in [0.29, 0.717) is 19.5 Å². The lowest BCUT2D eigenvalue weighted by atomic mass is 10.0. The van der Waals surface area contributed by atoms with Crippen LogP contribution in [0.25, 0.3) is 0 Å². The molecule has 1 atom stereocenters. The third-order valence-corrected chi connectivity index (χ3v) is 4.85. The van der Waals surface area contributed by atoms with Crippen molar-refractivity contribution in [3.05, 3.63) is 70.8 Å². The summed E-state index contributed by atoms with van der Waals surface area (Å²) in [5.74, 6) is -0.127. The summed E-state index contributed by atoms with van der Waals surface area (Å²) < 4.78 is 0. The third-order valence-electron chi connectivity index (χ3n) is 4.85. The maximum absolute atomic E-state index is 13.1. The van der Waals surface area contributed by atoms with E-state index >= 15 is 0 Å². The van der Waals surface area contributed by atoms with E-state index in [4.69, 9.17) is 0 Å². The molecule has 4 heteroatoms. The first-order valence-corrected chi connectivity index (χ1v) is 9.59. The molecule has 2 amide bonds. The van der Waals surface area contributed by atoms with Crippen LogP contribution in [0.3, 0.4) is 0 Å². The van der Waals surface area contributed by atoms with Crippen molar-refractivity contribution in [3.8, 4) is 0 Å². The van der Waals surface area contributed by atoms with Gasteiger partial charge >= 0.3 is 0 Å². The Morgan fingerprint density at radius 3 is 2.44 bits per heavy atom. The Bertz CT molecular complexity index is 771. The average Bonchev–Trinajstić information content (AvgIpc) is 2.65. The molecule has 0 saturated carbocycles. The summed E-state index contributed by atoms with van der Waals surface area (Å²) in [7, 11) is 0. The van der Waals surface area contributed by atoms with Gasteiger partial charge in [0.25, 0.3) is 0 Å². The second-order valence-corrected chi connectivity index (χ2v) is 7.00. The Labute approximate surface area is 162 Å². The maximum Gasteiger partial charge on any atom is 0.242 e. The molecule has 2 aromatic rings. The minimum atomic E-state index is -0.494. The molecule has 144 valence electrons. The van der Waals surface area contributed by atoms with Gasteiger partial charge in [-0.3, -0.25) is 9.59 Å². The summed E-state index contributed by atoms with van der Waals surface area (Å²) in [6, 6.07) is 15.7. The van der Waals surface area contributed by atoms with Gasteiger partial charge in [-0.2, -0.15) is 0 Å². The molecule has 2 aromatic carbocycles. The number of nitrogens with zero attached hydrogens (tertiary/aromatic N) is 1. The number of benzene rings is 2. The quantitative estimate of drug-likeness (QED) is 0.778. The molecular weight excluding hydrogens is 336 g/mol. The zero-order valence-electron chi connectivity index (χ0n) is 16.8. The number of aryl methyl sites for hydroxylation is 2. The van der Waals surface area contributed by atoms with Gasteiger partial charge in [-0.1, -0.05) is 54.1 Å². The average molecular weight is 367 g/mol. The van der Waals surface area contributed by atoms with Crippen molar-refractivity contribution in [1.82, 2.24) is 10.2 Å². The summed E-state index contributed by atoms with van der Waals surface area (Å²) >= 11 is 0. The molecule has 2 rings (SSSR count). The summed E-state index contributed by atoms with van der Waals surface area (Å²) in [5, 5.41) is 2.83. The summed E-state index contributed by atoms with van der Waals surface area (Å²) in [4.78, 5) is 27.2. The predicted octanol–water partition coefficient (Wildman–Crippen LogP) is 3.44. The van der Waals surface area contributed by atoms with Gasteiger partial charge in [-0.15, -0.1) is 0 Å². The van der Waals surface area contributed by atoms with Crippen molar-refractivity contribution in [2.24, 2.45) is 0 Å². The molecule has 4 nitrogen and oxygen atoms in total. The van der Waals surface area contributed by atoms with Crippen LogP contribution >= 0.6 is 0 Å². The highest BCUT2D eigenvalue weighted by Crippen LogP contribution is 2.14. The molecule has 0 heterocycles. The molecule has 0 saturated heterocycles. The van der Waals surface area contributed by atoms with Gasteiger partial charge in [-0.05, 0) is 50.8 Å². The first-order chi connectivity index (χ1) is 12.9. The standard InChI is InChI=1S/C23H30N2O2/c1-5-24-23(27)19(4)25(14-13-20-9-7-6-8-10-20)22(26)16-21-15-17(2)11-12-18(21)3/h6-12,15,19H,5,13-14,16H2,1-4H3,(H,24,27)/t19-/m1/s1. The van der Waals surface area contributed by atoms with Gasteiger partial charge < -0.3 is 10.2 Å². The van der Waals surface area contributed by atoms with E-state index < -0.39 is 6.04 Å². The fourth-order valence-electron chi connectivity index (χ4n) is 3.15. The molecule has 27 heavy (non-hydrogen) atoms. The number of carbonyl (C=O) groups excluding carboxylic acids is 2. The molecule has 0 aliphatic heterocycles. The zero-order valence-corrected chi connectivity index (χ0v) is 16.8. The van der Waals surface area contributed by atoms with Gasteiger partial charge in [-0.25, -0.2) is 0 Å². The lowest BCUT2D eigenvalue weighted by molar-refractivity contribution is -0.139. The molecular formula is C23H30N2O2. The van der Waals surface area contributed by atoms with Gasteiger partial charge in [0.15, 0.2) is 0 Å². The molecule has 0 radical (unpaired) electrons. The second-order valence-electron chi connectivity index (χ2n) is 7.00. The SMILES string of the molecule is CCNC(=O)[C@@H](C)N(CCc1ccccc1)C(=O)Cc1cc(C)ccc1C. The molecule has 0 spiro atoms. The van der Waals surface area contributed by atoms with Gasteiger partial charge in [0, 0.05) is 13.1 Å². The van der Waals surface area contributed by atoms with Gasteiger partial charge in [0.2, 0.25) is 11.8 Å². The molecule has 0 fully saturated rings. The van der Waals surface area contributed by atoms with Crippen LogP contribution in [0, 0.1) is 13.8 Å². The Hall–Kier alpha value is -2.62. The monoisotopic (exact) mass is 366 g/mol. The largest absolute Gasteiger partial charge is 0.355 e. The van der Waals surface area contributed by atoms with E-state index in [2.05, 4.69) is 11.4 Å². The van der Waals surface area contributed by atoms with Crippen LogP contribution in [-0.2, 0) is 22.4 Å². The Morgan fingerprint density at radius 2 is 1.78 bits per heavy atom. The minimum absolute atomic E-state index is 0.0154. The molecule has 0 unspecified atom stereocenters. The zero-order chi connectivity index (χ0) is 19.8. The van der Waals surface area contributed by atoms with Crippen molar-refractivity contribution < 1.29 is 9.59 Å². The highest BCUT2D eigenvalue weighted by Gasteiger charge is 2.25. The molecule has 0 aromatic heterocycles. The second kappa shape index (κ2) is 9.91. The normalized spacial score (nSPS) is 11.7. The van der Waals surface area contributed by atoms with Crippen molar-refractivity contribution in [2.75, 3.05) is 13.1 Å². The highest BCUT2D eigenvalue weighted by atomic mass is 16.2. The van der Waals surface area contributed by atoms with E-state index in [0.717, 1.165) is 28.7 Å². The van der Waals surface area contributed by atoms with E-state index in [1.54, 1.807) is 11.8 Å². The van der Waals surface area contributed by atoms with E-state index in [9.17, 15) is 9.59 Å². The molecule has 1 N–H and O–H groups in total. The summed E-state index contributed by atoms with van der Waals surface area (Å²) in [6.07, 6.45) is 1.04. The van der Waals surface area contributed by atoms with E-state index in [-0.39, 0.29) is 11.8 Å². The number of amides is 2. The van der Waals surface area contributed by atoms with Crippen LogP contribution in [0.15, 0.2) is 48.5 Å². The van der Waals surface area contributed by atoms with Gasteiger partial charge in [0.05, 0.1) is 6.42 Å². The lowest BCUT2D eigenvalue weighted by Crippen LogP contribution is -2.49. The van der Waals surface area contributed by atoms with Crippen LogP contribution in [0.2, 0.25) is 0 Å². The number of likely N-dealkylation sites (N-methyl/N-ethyl adjacent to an activating group) is 1. The predicted molar refractivity (Wildman–Crippen MR) is 110 cm³/mol. The number of rotatable bonds is 8. The molecule has 0 aliphatic rings. The lowest BCUT2D eigenvalue weighted by Gasteiger charge is -2.29. The number of hydrogen-bond acceptors (Lipinski definition) is 2. The number of nitrogens with one attached hydrogen (secondary N) is 1. The fourth-order valence-corrected chi connectivity index (χ4v) is 3.15. The van der Waals surface area contributed by atoms with Crippen LogP contribution in [0.1, 0.15) is 36.1 Å². The van der Waals surface area contributed by atoms with Crippen molar-refractivity contribution in [2.45, 2.75) is 46.6 Å². The molecule has 0 bridgehead atoms. The number of hydrogen-bond donors (Lipinski definition) is 1. The van der Waals surface area contributed by atoms with E-state index in [1.165, 1.54) is 0 Å². The first-order valence-electron chi connectivity index (χ1n) is 9.59. The van der Waals surface area contributed by atoms with Gasteiger partial charge in [0.1, 0.15) is 6.04 Å². The topological polar surface area (TPSA) is 49.4 Å². The summed E-state index contributed by atoms with van der Waals surface area (Å²) in [5.41, 5.74) is 4.41. The summed E-state index contributed by atoms with van der Waals surface area (Å²) in [6.45, 7) is 8.81. The maximum atomic E-state index is 13.1.